The van der Waals surface area contributed by atoms with Crippen LogP contribution in [-0.2, 0) is 28.7 Å². The molecular weight excluding hydrogens is 634 g/mol. The first-order chi connectivity index (χ1) is 22.9. The Morgan fingerprint density at radius 3 is 2.55 bits per heavy atom. The number of halogens is 2. The number of methoxy groups -OCH3 is 1. The second-order valence-corrected chi connectivity index (χ2v) is 15.2. The van der Waals surface area contributed by atoms with Crippen molar-refractivity contribution in [3.63, 3.8) is 0 Å². The van der Waals surface area contributed by atoms with Crippen LogP contribution in [0.1, 0.15) is 72.8 Å². The molecule has 0 heterocycles. The molecule has 0 saturated heterocycles. The summed E-state index contributed by atoms with van der Waals surface area (Å²) in [5.74, 6) is -4.08. The van der Waals surface area contributed by atoms with Gasteiger partial charge in [-0.25, -0.2) is 13.6 Å². The molecule has 0 aliphatic heterocycles. The molecule has 5 rings (SSSR count). The van der Waals surface area contributed by atoms with Crippen LogP contribution in [0.3, 0.4) is 0 Å². The van der Waals surface area contributed by atoms with Crippen molar-refractivity contribution in [2.24, 2.45) is 40.2 Å². The molecule has 1 aromatic rings. The Morgan fingerprint density at radius 2 is 1.90 bits per heavy atom. The average molecular weight is 683 g/mol. The number of alkyl halides is 1. The number of amides is 1. The molecule has 3 saturated carbocycles. The molecule has 3 fully saturated rings. The molecule has 0 spiro atoms. The Balaban J connectivity index is 1.37. The van der Waals surface area contributed by atoms with Gasteiger partial charge in [-0.2, -0.15) is 0 Å². The number of ketones is 2. The number of carbonyl (C=O) groups is 4. The molecule has 9 atom stereocenters. The number of hydrogen-bond donors (Lipinski definition) is 3. The maximum atomic E-state index is 17.6. The summed E-state index contributed by atoms with van der Waals surface area (Å²) in [6, 6.07) is 2.90. The highest BCUT2D eigenvalue weighted by Gasteiger charge is 2.76. The number of hydrogen-bond acceptors (Lipinski definition) is 8. The van der Waals surface area contributed by atoms with Crippen LogP contribution in [0.4, 0.5) is 14.5 Å². The molecule has 11 heteroatoms. The van der Waals surface area contributed by atoms with Gasteiger partial charge in [-0.1, -0.05) is 39.3 Å². The van der Waals surface area contributed by atoms with E-state index in [9.17, 15) is 28.7 Å². The molecule has 4 aliphatic carbocycles. The number of anilines is 1. The van der Waals surface area contributed by atoms with Crippen molar-refractivity contribution in [1.82, 2.24) is 0 Å². The summed E-state index contributed by atoms with van der Waals surface area (Å²) in [5, 5.41) is 14.4. The molecular formula is C38H48F2N2O7. The zero-order chi connectivity index (χ0) is 36.3. The fourth-order valence-electron chi connectivity index (χ4n) is 9.60. The number of nitrogens with two attached hydrogens (primary N) is 1. The highest BCUT2D eigenvalue weighted by atomic mass is 19.1. The monoisotopic (exact) mass is 682 g/mol. The predicted molar refractivity (Wildman–Crippen MR) is 180 cm³/mol. The van der Waals surface area contributed by atoms with E-state index in [1.165, 1.54) is 44.4 Å². The van der Waals surface area contributed by atoms with Crippen LogP contribution in [0.5, 0.6) is 0 Å². The van der Waals surface area contributed by atoms with Gasteiger partial charge in [0.25, 0.3) is 0 Å². The SMILES string of the molecule is CO[C@]1(C(=O)COC(=O)/C(C)=C\c2cc(F)ccc2NC(=O)[C@@H](N)C(C)C)[C@H](C)C[C@H]2[C@@H]3CCC4=CC(=O)C=C[C@]4(C)[C@@]3(F)[C@@H](O)C[C@@]21C. The minimum Gasteiger partial charge on any atom is -0.454 e. The van der Waals surface area contributed by atoms with Crippen molar-refractivity contribution in [3.05, 3.63) is 59.0 Å². The number of aliphatic hydroxyl groups excluding tert-OH is 1. The van der Waals surface area contributed by atoms with E-state index in [4.69, 9.17) is 15.2 Å². The minimum atomic E-state index is -2.06. The molecule has 0 bridgehead atoms. The van der Waals surface area contributed by atoms with E-state index in [0.717, 1.165) is 6.07 Å². The third-order valence-corrected chi connectivity index (χ3v) is 12.2. The number of nitrogens with one attached hydrogen (secondary N) is 1. The van der Waals surface area contributed by atoms with Crippen molar-refractivity contribution in [1.29, 1.82) is 0 Å². The highest BCUT2D eigenvalue weighted by Crippen LogP contribution is 2.71. The lowest BCUT2D eigenvalue weighted by atomic mass is 9.44. The van der Waals surface area contributed by atoms with E-state index < -0.39 is 76.2 Å². The second kappa shape index (κ2) is 13.0. The van der Waals surface area contributed by atoms with Crippen LogP contribution in [0.2, 0.25) is 0 Å². The molecule has 0 radical (unpaired) electrons. The van der Waals surface area contributed by atoms with Gasteiger partial charge < -0.3 is 25.6 Å². The molecule has 0 aromatic heterocycles. The van der Waals surface area contributed by atoms with Crippen molar-refractivity contribution < 1.29 is 42.5 Å². The summed E-state index contributed by atoms with van der Waals surface area (Å²) >= 11 is 0. The number of aliphatic hydroxyl groups is 1. The van der Waals surface area contributed by atoms with Crippen molar-refractivity contribution in [2.45, 2.75) is 90.6 Å². The summed E-state index contributed by atoms with van der Waals surface area (Å²) in [4.78, 5) is 52.1. The number of allylic oxidation sites excluding steroid dienone is 4. The Labute approximate surface area is 286 Å². The topological polar surface area (TPSA) is 145 Å². The standard InChI is InChI=1S/C38H48F2N2O7/c1-20(2)32(41)33(46)42-29-11-9-25(39)16-23(29)14-21(3)34(47)49-19-31(45)38(48-7)22(4)15-28-27-10-8-24-17-26(43)12-13-35(24,5)37(27,40)30(44)18-36(28,38)6/h9,11-14,16-17,20,22,27-28,30,32,44H,8,10,15,18-19,41H2,1-7H3,(H,42,46)/b21-14-/t22-,27+,28+,30+,32+,35+,36+,37+,38+/m1/s1. The van der Waals surface area contributed by atoms with Crippen LogP contribution >= 0.6 is 0 Å². The first kappa shape index (κ1) is 36.7. The lowest BCUT2D eigenvalue weighted by Gasteiger charge is -2.63. The van der Waals surface area contributed by atoms with E-state index in [1.807, 2.05) is 13.8 Å². The highest BCUT2D eigenvalue weighted by molar-refractivity contribution is 6.01. The lowest BCUT2D eigenvalue weighted by molar-refractivity contribution is -0.224. The second-order valence-electron chi connectivity index (χ2n) is 15.2. The fraction of sp³-hybridized carbons (Fsp3) is 0.579. The van der Waals surface area contributed by atoms with Gasteiger partial charge in [-0.3, -0.25) is 14.4 Å². The van der Waals surface area contributed by atoms with Crippen LogP contribution in [0, 0.1) is 40.3 Å². The molecule has 4 aliphatic rings. The van der Waals surface area contributed by atoms with E-state index in [2.05, 4.69) is 5.32 Å². The van der Waals surface area contributed by atoms with Crippen molar-refractivity contribution >= 4 is 35.2 Å². The van der Waals surface area contributed by atoms with Gasteiger partial charge in [0.05, 0.1) is 12.1 Å². The predicted octanol–water partition coefficient (Wildman–Crippen LogP) is 5.27. The molecule has 9 nitrogen and oxygen atoms in total. The summed E-state index contributed by atoms with van der Waals surface area (Å²) in [6.45, 7) is 9.86. The zero-order valence-corrected chi connectivity index (χ0v) is 29.3. The van der Waals surface area contributed by atoms with Crippen LogP contribution < -0.4 is 11.1 Å². The van der Waals surface area contributed by atoms with Gasteiger partial charge >= 0.3 is 5.97 Å². The van der Waals surface area contributed by atoms with E-state index >= 15 is 4.39 Å². The number of fused-ring (bicyclic) bond motifs is 5. The average Bonchev–Trinajstić information content (AvgIpc) is 3.27. The number of rotatable bonds is 9. The number of benzene rings is 1. The number of carbonyl (C=O) groups excluding carboxylic acids is 4. The molecule has 1 amide bonds. The first-order valence-electron chi connectivity index (χ1n) is 17.0. The van der Waals surface area contributed by atoms with E-state index in [0.29, 0.717) is 24.8 Å². The smallest absolute Gasteiger partial charge is 0.334 e. The molecule has 4 N–H and O–H groups in total. The Morgan fingerprint density at radius 1 is 1.20 bits per heavy atom. The number of Topliss-reactive ketones (excluding diaryl/α,β-unsaturated/α-hetero) is 1. The van der Waals surface area contributed by atoms with Gasteiger partial charge in [0.2, 0.25) is 11.7 Å². The lowest BCUT2D eigenvalue weighted by Crippen LogP contribution is -2.69. The molecule has 266 valence electrons. The Bertz CT molecular complexity index is 1650. The van der Waals surface area contributed by atoms with Crippen LogP contribution in [-0.4, -0.2) is 65.7 Å². The normalized spacial score (nSPS) is 36.0. The van der Waals surface area contributed by atoms with E-state index in [-0.39, 0.29) is 40.9 Å². The van der Waals surface area contributed by atoms with E-state index in [1.54, 1.807) is 26.8 Å². The summed E-state index contributed by atoms with van der Waals surface area (Å²) < 4.78 is 43.4. The van der Waals surface area contributed by atoms with Crippen LogP contribution in [0.15, 0.2) is 47.6 Å². The first-order valence-corrected chi connectivity index (χ1v) is 17.0. The number of ether oxygens (including phenoxy) is 2. The van der Waals surface area contributed by atoms with Gasteiger partial charge in [-0.05, 0) is 93.7 Å². The maximum Gasteiger partial charge on any atom is 0.334 e. The van der Waals surface area contributed by atoms with Gasteiger partial charge in [0.15, 0.2) is 18.1 Å². The summed E-state index contributed by atoms with van der Waals surface area (Å²) in [6.07, 6.45) is 5.62. The quantitative estimate of drug-likeness (QED) is 0.236. The Hall–Kier alpha value is -3.54. The number of esters is 1. The third-order valence-electron chi connectivity index (χ3n) is 12.2. The van der Waals surface area contributed by atoms with Crippen molar-refractivity contribution in [3.8, 4) is 0 Å². The largest absolute Gasteiger partial charge is 0.454 e. The summed E-state index contributed by atoms with van der Waals surface area (Å²) in [7, 11) is 1.42. The maximum absolute atomic E-state index is 17.6. The van der Waals surface area contributed by atoms with Gasteiger partial charge in [0, 0.05) is 40.7 Å². The fourth-order valence-corrected chi connectivity index (χ4v) is 9.60. The van der Waals surface area contributed by atoms with Crippen LogP contribution in [0.25, 0.3) is 6.08 Å². The summed E-state index contributed by atoms with van der Waals surface area (Å²) in [5.41, 5.74) is 1.42. The van der Waals surface area contributed by atoms with Crippen molar-refractivity contribution in [2.75, 3.05) is 19.0 Å². The zero-order valence-electron chi connectivity index (χ0n) is 29.3. The molecule has 1 aromatic carbocycles. The Kier molecular flexibility index (Phi) is 9.72. The molecule has 49 heavy (non-hydrogen) atoms. The molecule has 0 unspecified atom stereocenters. The van der Waals surface area contributed by atoms with Gasteiger partial charge in [-0.15, -0.1) is 0 Å². The van der Waals surface area contributed by atoms with Gasteiger partial charge in [0.1, 0.15) is 11.4 Å². The third kappa shape index (κ3) is 5.62. The minimum absolute atomic E-state index is 0.0470.